The number of sulfonamides is 1. The Morgan fingerprint density at radius 3 is 2.32 bits per heavy atom. The fourth-order valence-corrected chi connectivity index (χ4v) is 2.81. The van der Waals surface area contributed by atoms with Crippen molar-refractivity contribution in [1.82, 2.24) is 4.31 Å². The molecule has 108 valence electrons. The van der Waals surface area contributed by atoms with Gasteiger partial charge in [0.25, 0.3) is 0 Å². The molecule has 0 aliphatic rings. The van der Waals surface area contributed by atoms with Gasteiger partial charge in [0.15, 0.2) is 0 Å². The van der Waals surface area contributed by atoms with Gasteiger partial charge < -0.3 is 10.6 Å². The van der Waals surface area contributed by atoms with Crippen LogP contribution in [0, 0.1) is 0 Å². The third kappa shape index (κ3) is 3.39. The smallest absolute Gasteiger partial charge is 0.242 e. The van der Waals surface area contributed by atoms with E-state index in [0.29, 0.717) is 5.69 Å². The Labute approximate surface area is 116 Å². The van der Waals surface area contributed by atoms with Crippen LogP contribution in [0.1, 0.15) is 20.3 Å². The average molecular weight is 285 g/mol. The molecule has 0 fully saturated rings. The van der Waals surface area contributed by atoms with Gasteiger partial charge in [0.2, 0.25) is 10.0 Å². The highest BCUT2D eigenvalue weighted by Gasteiger charge is 2.19. The van der Waals surface area contributed by atoms with Crippen molar-refractivity contribution in [3.63, 3.8) is 0 Å². The van der Waals surface area contributed by atoms with Gasteiger partial charge in [-0.3, -0.25) is 0 Å². The maximum atomic E-state index is 12.1. The fourth-order valence-electron chi connectivity index (χ4n) is 1.89. The van der Waals surface area contributed by atoms with Gasteiger partial charge in [-0.2, -0.15) is 0 Å². The first-order chi connectivity index (χ1) is 8.84. The first kappa shape index (κ1) is 15.8. The van der Waals surface area contributed by atoms with E-state index in [-0.39, 0.29) is 4.90 Å². The molecule has 2 N–H and O–H groups in total. The molecule has 0 amide bonds. The predicted molar refractivity (Wildman–Crippen MR) is 79.9 cm³/mol. The van der Waals surface area contributed by atoms with Gasteiger partial charge in [-0.15, -0.1) is 0 Å². The van der Waals surface area contributed by atoms with E-state index in [1.165, 1.54) is 18.4 Å². The summed E-state index contributed by atoms with van der Waals surface area (Å²) in [5, 5.41) is 0. The minimum absolute atomic E-state index is 0.274. The van der Waals surface area contributed by atoms with Gasteiger partial charge in [0, 0.05) is 27.2 Å². The summed E-state index contributed by atoms with van der Waals surface area (Å²) in [5.74, 6) is 0. The minimum atomic E-state index is -3.42. The normalized spacial score (nSPS) is 11.8. The lowest BCUT2D eigenvalue weighted by Gasteiger charge is -2.25. The van der Waals surface area contributed by atoms with Crippen molar-refractivity contribution in [2.75, 3.05) is 37.8 Å². The lowest BCUT2D eigenvalue weighted by Crippen LogP contribution is -2.26. The highest BCUT2D eigenvalue weighted by molar-refractivity contribution is 7.89. The molecule has 0 saturated heterocycles. The number of nitrogens with zero attached hydrogens (tertiary/aromatic N) is 2. The molecule has 0 spiro atoms. The summed E-state index contributed by atoms with van der Waals surface area (Å²) in [4.78, 5) is 2.36. The fraction of sp³-hybridized carbons (Fsp3) is 0.538. The third-order valence-corrected chi connectivity index (χ3v) is 4.81. The summed E-state index contributed by atoms with van der Waals surface area (Å²) in [6.45, 7) is 5.76. The van der Waals surface area contributed by atoms with Crippen LogP contribution in [-0.2, 0) is 10.0 Å². The van der Waals surface area contributed by atoms with E-state index in [1.54, 1.807) is 18.2 Å². The molecule has 6 heteroatoms. The summed E-state index contributed by atoms with van der Waals surface area (Å²) >= 11 is 0. The second-order valence-electron chi connectivity index (χ2n) is 4.59. The van der Waals surface area contributed by atoms with Crippen molar-refractivity contribution in [2.24, 2.45) is 0 Å². The van der Waals surface area contributed by atoms with Crippen LogP contribution in [0.3, 0.4) is 0 Å². The van der Waals surface area contributed by atoms with Crippen LogP contribution in [0.25, 0.3) is 0 Å². The van der Waals surface area contributed by atoms with Gasteiger partial charge in [-0.05, 0) is 31.5 Å². The maximum absolute atomic E-state index is 12.1. The molecule has 1 aromatic rings. The highest BCUT2D eigenvalue weighted by atomic mass is 32.2. The van der Waals surface area contributed by atoms with Crippen LogP contribution >= 0.6 is 0 Å². The van der Waals surface area contributed by atoms with Gasteiger partial charge in [0.05, 0.1) is 16.3 Å². The Bertz CT molecular complexity index is 527. The summed E-state index contributed by atoms with van der Waals surface area (Å²) < 4.78 is 25.5. The van der Waals surface area contributed by atoms with Crippen molar-refractivity contribution in [1.29, 1.82) is 0 Å². The molecule has 0 aliphatic carbocycles. The zero-order chi connectivity index (χ0) is 14.6. The summed E-state index contributed by atoms with van der Waals surface area (Å²) in [6, 6.07) is 4.86. The zero-order valence-electron chi connectivity index (χ0n) is 12.0. The predicted octanol–water partition coefficient (Wildman–Crippen LogP) is 1.76. The molecule has 0 aromatic heterocycles. The number of hydrogen-bond acceptors (Lipinski definition) is 4. The van der Waals surface area contributed by atoms with Crippen molar-refractivity contribution >= 4 is 21.4 Å². The minimum Gasteiger partial charge on any atom is -0.397 e. The van der Waals surface area contributed by atoms with Crippen molar-refractivity contribution in [2.45, 2.75) is 25.2 Å². The van der Waals surface area contributed by atoms with E-state index < -0.39 is 10.0 Å². The van der Waals surface area contributed by atoms with Crippen molar-refractivity contribution in [3.05, 3.63) is 18.2 Å². The Balaban J connectivity index is 3.28. The molecule has 19 heavy (non-hydrogen) atoms. The van der Waals surface area contributed by atoms with Crippen LogP contribution in [0.4, 0.5) is 11.4 Å². The van der Waals surface area contributed by atoms with Crippen LogP contribution in [0.15, 0.2) is 23.1 Å². The Morgan fingerprint density at radius 1 is 1.21 bits per heavy atom. The largest absolute Gasteiger partial charge is 0.397 e. The quantitative estimate of drug-likeness (QED) is 0.809. The molecular weight excluding hydrogens is 262 g/mol. The molecule has 1 aromatic carbocycles. The third-order valence-electron chi connectivity index (χ3n) is 3.00. The second-order valence-corrected chi connectivity index (χ2v) is 6.74. The Morgan fingerprint density at radius 2 is 1.84 bits per heavy atom. The Hall–Kier alpha value is -1.27. The highest BCUT2D eigenvalue weighted by Crippen LogP contribution is 2.27. The van der Waals surface area contributed by atoms with Crippen LogP contribution in [-0.4, -0.2) is 39.9 Å². The molecule has 0 bridgehead atoms. The number of nitrogens with two attached hydrogens (primary N) is 1. The summed E-state index contributed by atoms with van der Waals surface area (Å²) in [7, 11) is -0.376. The molecular formula is C13H23N3O2S. The van der Waals surface area contributed by atoms with E-state index >= 15 is 0 Å². The SMILES string of the molecule is CCCN(CC)c1cc(S(=O)(=O)N(C)C)ccc1N. The van der Waals surface area contributed by atoms with E-state index in [9.17, 15) is 8.42 Å². The molecule has 0 radical (unpaired) electrons. The monoisotopic (exact) mass is 285 g/mol. The number of benzene rings is 1. The van der Waals surface area contributed by atoms with Crippen molar-refractivity contribution in [3.8, 4) is 0 Å². The second kappa shape index (κ2) is 6.25. The summed E-state index contributed by atoms with van der Waals surface area (Å²) in [5.41, 5.74) is 7.35. The van der Waals surface area contributed by atoms with Crippen LogP contribution in [0.5, 0.6) is 0 Å². The van der Waals surface area contributed by atoms with Crippen molar-refractivity contribution < 1.29 is 8.42 Å². The van der Waals surface area contributed by atoms with Gasteiger partial charge >= 0.3 is 0 Å². The van der Waals surface area contributed by atoms with E-state index in [2.05, 4.69) is 11.8 Å². The maximum Gasteiger partial charge on any atom is 0.242 e. The molecule has 0 saturated carbocycles. The topological polar surface area (TPSA) is 66.6 Å². The number of nitrogen functional groups attached to an aromatic ring is 1. The van der Waals surface area contributed by atoms with Crippen LogP contribution in [0.2, 0.25) is 0 Å². The first-order valence-electron chi connectivity index (χ1n) is 6.41. The molecule has 0 heterocycles. The molecule has 1 rings (SSSR count). The summed E-state index contributed by atoms with van der Waals surface area (Å²) in [6.07, 6.45) is 0.984. The van der Waals surface area contributed by atoms with Crippen LogP contribution < -0.4 is 10.6 Å². The Kier molecular flexibility index (Phi) is 5.20. The van der Waals surface area contributed by atoms with E-state index in [0.717, 1.165) is 25.2 Å². The first-order valence-corrected chi connectivity index (χ1v) is 7.85. The number of hydrogen-bond donors (Lipinski definition) is 1. The van der Waals surface area contributed by atoms with E-state index in [1.807, 2.05) is 6.92 Å². The standard InChI is InChI=1S/C13H23N3O2S/c1-5-9-16(6-2)13-10-11(7-8-12(13)14)19(17,18)15(3)4/h7-8,10H,5-6,9,14H2,1-4H3. The average Bonchev–Trinajstić information content (AvgIpc) is 2.36. The molecule has 0 atom stereocenters. The number of rotatable bonds is 6. The number of anilines is 2. The lowest BCUT2D eigenvalue weighted by atomic mass is 10.2. The van der Waals surface area contributed by atoms with Gasteiger partial charge in [-0.25, -0.2) is 12.7 Å². The zero-order valence-corrected chi connectivity index (χ0v) is 12.9. The molecule has 0 aliphatic heterocycles. The molecule has 5 nitrogen and oxygen atoms in total. The molecule has 0 unspecified atom stereocenters. The van der Waals surface area contributed by atoms with Gasteiger partial charge in [0.1, 0.15) is 0 Å². The van der Waals surface area contributed by atoms with E-state index in [4.69, 9.17) is 5.73 Å². The van der Waals surface area contributed by atoms with Gasteiger partial charge in [-0.1, -0.05) is 6.92 Å². The lowest BCUT2D eigenvalue weighted by molar-refractivity contribution is 0.520.